The molecule has 1 heterocycles. The standard InChI is InChI=1S/C19H16ClN5O/c1-11-18(14-6-7-16(22)15(20)8-14)17(9-21)24-25(11)10-12-2-4-13(5-3-12)19(23)26/h2-8H,10,22H2,1H3,(H2,23,26). The summed E-state index contributed by atoms with van der Waals surface area (Å²) in [6.07, 6.45) is 0. The fourth-order valence-electron chi connectivity index (χ4n) is 2.75. The number of nitrogens with zero attached hydrogens (tertiary/aromatic N) is 3. The van der Waals surface area contributed by atoms with Gasteiger partial charge in [-0.25, -0.2) is 0 Å². The fraction of sp³-hybridized carbons (Fsp3) is 0.105. The molecule has 0 aliphatic rings. The second-order valence-corrected chi connectivity index (χ2v) is 6.28. The zero-order chi connectivity index (χ0) is 18.8. The number of rotatable bonds is 4. The van der Waals surface area contributed by atoms with Crippen molar-refractivity contribution in [1.29, 1.82) is 5.26 Å². The number of carbonyl (C=O) groups is 1. The molecule has 0 bridgehead atoms. The smallest absolute Gasteiger partial charge is 0.248 e. The van der Waals surface area contributed by atoms with Gasteiger partial charge in [0.05, 0.1) is 17.3 Å². The van der Waals surface area contributed by atoms with E-state index in [9.17, 15) is 10.1 Å². The molecule has 1 amide bonds. The van der Waals surface area contributed by atoms with Gasteiger partial charge < -0.3 is 11.5 Å². The van der Waals surface area contributed by atoms with E-state index in [2.05, 4.69) is 11.2 Å². The average Bonchev–Trinajstić information content (AvgIpc) is 2.93. The van der Waals surface area contributed by atoms with Crippen molar-refractivity contribution < 1.29 is 4.79 Å². The normalized spacial score (nSPS) is 10.5. The first-order valence-corrected chi connectivity index (χ1v) is 8.20. The molecule has 0 radical (unpaired) electrons. The van der Waals surface area contributed by atoms with Gasteiger partial charge in [-0.3, -0.25) is 9.48 Å². The summed E-state index contributed by atoms with van der Waals surface area (Å²) >= 11 is 6.12. The highest BCUT2D eigenvalue weighted by molar-refractivity contribution is 6.33. The number of nitriles is 1. The van der Waals surface area contributed by atoms with Crippen LogP contribution in [0.5, 0.6) is 0 Å². The lowest BCUT2D eigenvalue weighted by Crippen LogP contribution is -2.11. The maximum Gasteiger partial charge on any atom is 0.248 e. The van der Waals surface area contributed by atoms with E-state index < -0.39 is 5.91 Å². The summed E-state index contributed by atoms with van der Waals surface area (Å²) in [7, 11) is 0. The van der Waals surface area contributed by atoms with Crippen LogP contribution in [0.3, 0.4) is 0 Å². The molecule has 7 heteroatoms. The monoisotopic (exact) mass is 365 g/mol. The number of hydrogen-bond donors (Lipinski definition) is 2. The highest BCUT2D eigenvalue weighted by atomic mass is 35.5. The van der Waals surface area contributed by atoms with Gasteiger partial charge in [0.15, 0.2) is 5.69 Å². The molecule has 0 atom stereocenters. The molecular formula is C19H16ClN5O. The zero-order valence-electron chi connectivity index (χ0n) is 14.0. The summed E-state index contributed by atoms with van der Waals surface area (Å²) < 4.78 is 1.75. The number of primary amides is 1. The van der Waals surface area contributed by atoms with Crippen LogP contribution in [0.4, 0.5) is 5.69 Å². The van der Waals surface area contributed by atoms with Gasteiger partial charge in [-0.15, -0.1) is 0 Å². The van der Waals surface area contributed by atoms with E-state index in [1.165, 1.54) is 0 Å². The summed E-state index contributed by atoms with van der Waals surface area (Å²) in [4.78, 5) is 11.2. The number of amides is 1. The second-order valence-electron chi connectivity index (χ2n) is 5.88. The maximum atomic E-state index is 11.2. The lowest BCUT2D eigenvalue weighted by molar-refractivity contribution is 0.100. The summed E-state index contributed by atoms with van der Waals surface area (Å²) in [6, 6.07) is 14.3. The second kappa shape index (κ2) is 6.90. The molecule has 3 aromatic rings. The van der Waals surface area contributed by atoms with Gasteiger partial charge in [-0.1, -0.05) is 29.8 Å². The summed E-state index contributed by atoms with van der Waals surface area (Å²) in [5.41, 5.74) is 15.5. The van der Waals surface area contributed by atoms with Crippen molar-refractivity contribution >= 4 is 23.2 Å². The van der Waals surface area contributed by atoms with Crippen LogP contribution in [0.1, 0.15) is 27.3 Å². The first-order valence-electron chi connectivity index (χ1n) is 7.82. The first-order chi connectivity index (χ1) is 12.4. The summed E-state index contributed by atoms with van der Waals surface area (Å²) in [5, 5.41) is 14.3. The summed E-state index contributed by atoms with van der Waals surface area (Å²) in [6.45, 7) is 2.35. The molecule has 0 saturated carbocycles. The van der Waals surface area contributed by atoms with E-state index in [1.807, 2.05) is 25.1 Å². The Morgan fingerprint density at radius 3 is 2.54 bits per heavy atom. The number of benzene rings is 2. The van der Waals surface area contributed by atoms with Crippen molar-refractivity contribution in [2.24, 2.45) is 5.73 Å². The van der Waals surface area contributed by atoms with Crippen molar-refractivity contribution in [1.82, 2.24) is 9.78 Å². The topological polar surface area (TPSA) is 111 Å². The Kier molecular flexibility index (Phi) is 4.65. The molecular weight excluding hydrogens is 350 g/mol. The maximum absolute atomic E-state index is 11.2. The third-order valence-electron chi connectivity index (χ3n) is 4.17. The largest absolute Gasteiger partial charge is 0.398 e. The number of halogens is 1. The Bertz CT molecular complexity index is 1030. The molecule has 26 heavy (non-hydrogen) atoms. The van der Waals surface area contributed by atoms with E-state index in [-0.39, 0.29) is 0 Å². The molecule has 0 fully saturated rings. The summed E-state index contributed by atoms with van der Waals surface area (Å²) in [5.74, 6) is -0.471. The minimum Gasteiger partial charge on any atom is -0.398 e. The number of carbonyl (C=O) groups excluding carboxylic acids is 1. The Morgan fingerprint density at radius 1 is 1.27 bits per heavy atom. The van der Waals surface area contributed by atoms with Gasteiger partial charge in [-0.2, -0.15) is 10.4 Å². The SMILES string of the molecule is Cc1c(-c2ccc(N)c(Cl)c2)c(C#N)nn1Cc1ccc(C(N)=O)cc1. The number of hydrogen-bond acceptors (Lipinski definition) is 4. The highest BCUT2D eigenvalue weighted by Crippen LogP contribution is 2.31. The van der Waals surface area contributed by atoms with E-state index in [1.54, 1.807) is 28.9 Å². The van der Waals surface area contributed by atoms with Crippen LogP contribution in [-0.4, -0.2) is 15.7 Å². The van der Waals surface area contributed by atoms with Crippen LogP contribution < -0.4 is 11.5 Å². The molecule has 0 spiro atoms. The molecule has 130 valence electrons. The Hall–Kier alpha value is -3.30. The Balaban J connectivity index is 1.99. The Morgan fingerprint density at radius 2 is 1.96 bits per heavy atom. The van der Waals surface area contributed by atoms with E-state index in [0.717, 1.165) is 22.4 Å². The predicted molar refractivity (Wildman–Crippen MR) is 101 cm³/mol. The van der Waals surface area contributed by atoms with Crippen molar-refractivity contribution in [3.05, 3.63) is 70.0 Å². The number of nitrogens with two attached hydrogens (primary N) is 2. The first kappa shape index (κ1) is 17.5. The number of nitrogen functional groups attached to an aromatic ring is 1. The van der Waals surface area contributed by atoms with E-state index >= 15 is 0 Å². The van der Waals surface area contributed by atoms with Gasteiger partial charge in [0.1, 0.15) is 6.07 Å². The lowest BCUT2D eigenvalue weighted by Gasteiger charge is -2.07. The molecule has 0 aliphatic carbocycles. The molecule has 3 rings (SSSR count). The minimum absolute atomic E-state index is 0.317. The van der Waals surface area contributed by atoms with Gasteiger partial charge >= 0.3 is 0 Å². The van der Waals surface area contributed by atoms with Crippen LogP contribution in [0.15, 0.2) is 42.5 Å². The Labute approximate surface area is 155 Å². The third kappa shape index (κ3) is 3.25. The van der Waals surface area contributed by atoms with Gasteiger partial charge in [0.2, 0.25) is 5.91 Å². The molecule has 2 aromatic carbocycles. The van der Waals surface area contributed by atoms with E-state index in [0.29, 0.717) is 28.5 Å². The van der Waals surface area contributed by atoms with Crippen molar-refractivity contribution in [2.45, 2.75) is 13.5 Å². The molecule has 0 aliphatic heterocycles. The van der Waals surface area contributed by atoms with Crippen molar-refractivity contribution in [2.75, 3.05) is 5.73 Å². The predicted octanol–water partition coefficient (Wildman–Crippen LogP) is 3.11. The van der Waals surface area contributed by atoms with Crippen molar-refractivity contribution in [3.63, 3.8) is 0 Å². The van der Waals surface area contributed by atoms with Gasteiger partial charge in [0, 0.05) is 16.8 Å². The quantitative estimate of drug-likeness (QED) is 0.692. The lowest BCUT2D eigenvalue weighted by atomic mass is 10.0. The van der Waals surface area contributed by atoms with E-state index in [4.69, 9.17) is 23.1 Å². The van der Waals surface area contributed by atoms with Crippen LogP contribution in [-0.2, 0) is 6.54 Å². The molecule has 6 nitrogen and oxygen atoms in total. The van der Waals surface area contributed by atoms with Crippen LogP contribution in [0, 0.1) is 18.3 Å². The molecule has 4 N–H and O–H groups in total. The highest BCUT2D eigenvalue weighted by Gasteiger charge is 2.17. The molecule has 0 unspecified atom stereocenters. The third-order valence-corrected chi connectivity index (χ3v) is 4.50. The number of anilines is 1. The average molecular weight is 366 g/mol. The minimum atomic E-state index is -0.471. The van der Waals surface area contributed by atoms with Gasteiger partial charge in [-0.05, 0) is 42.3 Å². The van der Waals surface area contributed by atoms with Gasteiger partial charge in [0.25, 0.3) is 0 Å². The number of aromatic nitrogens is 2. The molecule has 1 aromatic heterocycles. The van der Waals surface area contributed by atoms with Crippen LogP contribution in [0.25, 0.3) is 11.1 Å². The van der Waals surface area contributed by atoms with Crippen LogP contribution >= 0.6 is 11.6 Å². The van der Waals surface area contributed by atoms with Crippen molar-refractivity contribution in [3.8, 4) is 17.2 Å². The van der Waals surface area contributed by atoms with Crippen LogP contribution in [0.2, 0.25) is 5.02 Å². The fourth-order valence-corrected chi connectivity index (χ4v) is 2.93. The molecule has 0 saturated heterocycles. The zero-order valence-corrected chi connectivity index (χ0v) is 14.8.